The van der Waals surface area contributed by atoms with E-state index in [1.54, 1.807) is 7.11 Å². The molecule has 0 amide bonds. The minimum atomic E-state index is 0.583. The molecule has 3 aromatic carbocycles. The van der Waals surface area contributed by atoms with Crippen molar-refractivity contribution in [1.82, 2.24) is 14.7 Å². The monoisotopic (exact) mass is 497 g/mol. The Balaban J connectivity index is 1.39. The van der Waals surface area contributed by atoms with Crippen molar-refractivity contribution < 1.29 is 14.2 Å². The van der Waals surface area contributed by atoms with Crippen molar-refractivity contribution in [3.05, 3.63) is 78.9 Å². The van der Waals surface area contributed by atoms with Gasteiger partial charge in [0.25, 0.3) is 0 Å². The molecule has 192 valence electrons. The number of aromatic nitrogens is 2. The summed E-state index contributed by atoms with van der Waals surface area (Å²) in [6.07, 6.45) is 3.96. The molecule has 0 bridgehead atoms. The molecule has 0 radical (unpaired) electrons. The van der Waals surface area contributed by atoms with Gasteiger partial charge < -0.3 is 14.2 Å². The molecule has 0 unspecified atom stereocenters. The van der Waals surface area contributed by atoms with Gasteiger partial charge >= 0.3 is 0 Å². The Morgan fingerprint density at radius 1 is 0.784 bits per heavy atom. The molecular formula is C31H35N3O3. The maximum atomic E-state index is 6.03. The van der Waals surface area contributed by atoms with Crippen LogP contribution in [0.1, 0.15) is 26.2 Å². The van der Waals surface area contributed by atoms with Crippen LogP contribution in [0.25, 0.3) is 28.2 Å². The average molecular weight is 498 g/mol. The van der Waals surface area contributed by atoms with Gasteiger partial charge in [0.2, 0.25) is 0 Å². The summed E-state index contributed by atoms with van der Waals surface area (Å²) in [6, 6.07) is 26.5. The molecule has 1 aliphatic rings. The zero-order valence-corrected chi connectivity index (χ0v) is 21.7. The first-order valence-corrected chi connectivity index (χ1v) is 13.2. The molecule has 0 aliphatic carbocycles. The summed E-state index contributed by atoms with van der Waals surface area (Å²) in [6.45, 7) is 6.63. The topological polar surface area (TPSA) is 48.8 Å². The molecule has 5 rings (SSSR count). The molecule has 6 nitrogen and oxygen atoms in total. The van der Waals surface area contributed by atoms with Crippen LogP contribution in [0.3, 0.4) is 0 Å². The Kier molecular flexibility index (Phi) is 8.06. The molecule has 0 saturated carbocycles. The second-order valence-corrected chi connectivity index (χ2v) is 9.24. The van der Waals surface area contributed by atoms with E-state index in [4.69, 9.17) is 19.3 Å². The summed E-state index contributed by atoms with van der Waals surface area (Å²) >= 11 is 0. The summed E-state index contributed by atoms with van der Waals surface area (Å²) in [5.41, 5.74) is 4.91. The highest BCUT2D eigenvalue weighted by atomic mass is 16.5. The number of ether oxygens (including phenoxy) is 3. The molecule has 6 heteroatoms. The van der Waals surface area contributed by atoms with E-state index in [2.05, 4.69) is 35.2 Å². The van der Waals surface area contributed by atoms with E-state index in [1.807, 2.05) is 60.1 Å². The molecule has 1 fully saturated rings. The zero-order valence-electron chi connectivity index (χ0n) is 21.7. The second-order valence-electron chi connectivity index (χ2n) is 9.24. The first-order chi connectivity index (χ1) is 18.2. The molecule has 4 aromatic rings. The average Bonchev–Trinajstić information content (AvgIpc) is 3.40. The largest absolute Gasteiger partial charge is 0.493 e. The summed E-state index contributed by atoms with van der Waals surface area (Å²) in [5.74, 6) is 2.32. The fraction of sp³-hybridized carbons (Fsp3) is 0.323. The molecule has 37 heavy (non-hydrogen) atoms. The lowest BCUT2D eigenvalue weighted by molar-refractivity contribution is 0.183. The van der Waals surface area contributed by atoms with Gasteiger partial charge in [0, 0.05) is 17.7 Å². The van der Waals surface area contributed by atoms with Crippen molar-refractivity contribution in [1.29, 1.82) is 0 Å². The van der Waals surface area contributed by atoms with Gasteiger partial charge in [0.15, 0.2) is 11.5 Å². The molecule has 1 saturated heterocycles. The summed E-state index contributed by atoms with van der Waals surface area (Å²) in [5, 5.41) is 4.99. The number of nitrogens with zero attached hydrogens (tertiary/aromatic N) is 3. The lowest BCUT2D eigenvalue weighted by Crippen LogP contribution is -2.33. The third-order valence-corrected chi connectivity index (χ3v) is 6.74. The number of hydrogen-bond donors (Lipinski definition) is 0. The van der Waals surface area contributed by atoms with E-state index < -0.39 is 0 Å². The molecule has 0 spiro atoms. The molecule has 0 atom stereocenters. The minimum Gasteiger partial charge on any atom is -0.493 e. The van der Waals surface area contributed by atoms with E-state index in [1.165, 1.54) is 32.4 Å². The highest BCUT2D eigenvalue weighted by molar-refractivity contribution is 5.72. The Morgan fingerprint density at radius 3 is 2.27 bits per heavy atom. The summed E-state index contributed by atoms with van der Waals surface area (Å²) in [4.78, 5) is 2.49. The van der Waals surface area contributed by atoms with E-state index in [9.17, 15) is 0 Å². The van der Waals surface area contributed by atoms with E-state index >= 15 is 0 Å². The van der Waals surface area contributed by atoms with Gasteiger partial charge in [0.05, 0.1) is 30.8 Å². The molecule has 0 N–H and O–H groups in total. The van der Waals surface area contributed by atoms with Gasteiger partial charge in [-0.15, -0.1) is 0 Å². The Morgan fingerprint density at radius 2 is 1.54 bits per heavy atom. The molecule has 1 aromatic heterocycles. The number of hydrogen-bond acceptors (Lipinski definition) is 5. The third-order valence-electron chi connectivity index (χ3n) is 6.74. The lowest BCUT2D eigenvalue weighted by atomic mass is 10.1. The maximum Gasteiger partial charge on any atom is 0.161 e. The Labute approximate surface area is 219 Å². The fourth-order valence-corrected chi connectivity index (χ4v) is 4.79. The third kappa shape index (κ3) is 5.97. The number of para-hydroxylation sites is 1. The summed E-state index contributed by atoms with van der Waals surface area (Å²) < 4.78 is 19.3. The first-order valence-electron chi connectivity index (χ1n) is 13.2. The van der Waals surface area contributed by atoms with Crippen LogP contribution in [-0.4, -0.2) is 54.6 Å². The molecule has 2 heterocycles. The van der Waals surface area contributed by atoms with Crippen LogP contribution in [0.2, 0.25) is 0 Å². The van der Waals surface area contributed by atoms with Crippen LogP contribution in [-0.2, 0) is 0 Å². The van der Waals surface area contributed by atoms with E-state index in [0.717, 1.165) is 46.2 Å². The predicted molar refractivity (Wildman–Crippen MR) is 148 cm³/mol. The highest BCUT2D eigenvalue weighted by Gasteiger charge is 2.16. The Bertz CT molecular complexity index is 1280. The van der Waals surface area contributed by atoms with Gasteiger partial charge in [-0.1, -0.05) is 24.6 Å². The van der Waals surface area contributed by atoms with Crippen molar-refractivity contribution in [3.63, 3.8) is 0 Å². The molecule has 1 aliphatic heterocycles. The quantitative estimate of drug-likeness (QED) is 0.251. The minimum absolute atomic E-state index is 0.583. The Hall–Kier alpha value is -3.77. The van der Waals surface area contributed by atoms with Crippen molar-refractivity contribution >= 4 is 0 Å². The standard InChI is InChI=1S/C31H35N3O3/c1-3-36-30-17-14-25(22-31(30)35-2)29-23-28(32-34(29)26-10-6-4-7-11-26)24-12-15-27(16-13-24)37-21-20-33-18-8-5-9-19-33/h4,6-7,10-17,22-23H,3,5,8-9,18-21H2,1-2H3. The SMILES string of the molecule is CCOc1ccc(-c2cc(-c3ccc(OCCN4CCCCC4)cc3)nn2-c2ccccc2)cc1OC. The van der Waals surface area contributed by atoms with Gasteiger partial charge in [-0.2, -0.15) is 5.10 Å². The number of piperidine rings is 1. The van der Waals surface area contributed by atoms with Crippen LogP contribution in [0.15, 0.2) is 78.9 Å². The number of methoxy groups -OCH3 is 1. The van der Waals surface area contributed by atoms with Crippen molar-refractivity contribution in [3.8, 4) is 45.5 Å². The lowest BCUT2D eigenvalue weighted by Gasteiger charge is -2.26. The van der Waals surface area contributed by atoms with Crippen molar-refractivity contribution in [2.45, 2.75) is 26.2 Å². The predicted octanol–water partition coefficient (Wildman–Crippen LogP) is 6.48. The smallest absolute Gasteiger partial charge is 0.161 e. The number of likely N-dealkylation sites (tertiary alicyclic amines) is 1. The molecular weight excluding hydrogens is 462 g/mol. The summed E-state index contributed by atoms with van der Waals surface area (Å²) in [7, 11) is 1.66. The van der Waals surface area contributed by atoms with Gasteiger partial charge in [0.1, 0.15) is 12.4 Å². The van der Waals surface area contributed by atoms with Crippen LogP contribution >= 0.6 is 0 Å². The van der Waals surface area contributed by atoms with Gasteiger partial charge in [-0.05, 0) is 93.5 Å². The highest BCUT2D eigenvalue weighted by Crippen LogP contribution is 2.35. The number of benzene rings is 3. The first kappa shape index (κ1) is 24.9. The van der Waals surface area contributed by atoms with Crippen molar-refractivity contribution in [2.75, 3.05) is 40.0 Å². The second kappa shape index (κ2) is 12.0. The maximum absolute atomic E-state index is 6.03. The fourth-order valence-electron chi connectivity index (χ4n) is 4.79. The van der Waals surface area contributed by atoms with Gasteiger partial charge in [-0.25, -0.2) is 4.68 Å². The van der Waals surface area contributed by atoms with E-state index in [-0.39, 0.29) is 0 Å². The number of rotatable bonds is 10. The van der Waals surface area contributed by atoms with Crippen LogP contribution in [0, 0.1) is 0 Å². The normalized spacial score (nSPS) is 13.9. The van der Waals surface area contributed by atoms with Crippen molar-refractivity contribution in [2.24, 2.45) is 0 Å². The zero-order chi connectivity index (χ0) is 25.5. The van der Waals surface area contributed by atoms with Crippen LogP contribution in [0.5, 0.6) is 17.2 Å². The van der Waals surface area contributed by atoms with E-state index in [0.29, 0.717) is 19.0 Å². The van der Waals surface area contributed by atoms with Crippen LogP contribution in [0.4, 0.5) is 0 Å². The van der Waals surface area contributed by atoms with Gasteiger partial charge in [-0.3, -0.25) is 4.90 Å². The van der Waals surface area contributed by atoms with Crippen LogP contribution < -0.4 is 14.2 Å².